The van der Waals surface area contributed by atoms with Crippen LogP contribution in [0.3, 0.4) is 0 Å². The summed E-state index contributed by atoms with van der Waals surface area (Å²) in [6, 6.07) is 12.4. The van der Waals surface area contributed by atoms with E-state index in [2.05, 4.69) is 26.3 Å². The number of halogens is 1. The highest BCUT2D eigenvalue weighted by molar-refractivity contribution is 9.10. The molecule has 0 aliphatic carbocycles. The first-order valence-electron chi connectivity index (χ1n) is 8.64. The van der Waals surface area contributed by atoms with Gasteiger partial charge in [-0.3, -0.25) is 9.59 Å². The molecule has 3 aromatic rings. The summed E-state index contributed by atoms with van der Waals surface area (Å²) in [5, 5.41) is 8.57. The van der Waals surface area contributed by atoms with Crippen LogP contribution in [0.1, 0.15) is 16.1 Å². The molecule has 1 aromatic heterocycles. The first kappa shape index (κ1) is 20.0. The van der Waals surface area contributed by atoms with Crippen molar-refractivity contribution in [2.75, 3.05) is 20.8 Å². The number of benzene rings is 2. The fourth-order valence-electron chi connectivity index (χ4n) is 2.83. The maximum Gasteiger partial charge on any atom is 0.274 e. The van der Waals surface area contributed by atoms with E-state index < -0.39 is 0 Å². The van der Waals surface area contributed by atoms with E-state index in [0.717, 1.165) is 0 Å². The van der Waals surface area contributed by atoms with Gasteiger partial charge in [-0.15, -0.1) is 0 Å². The van der Waals surface area contributed by atoms with Crippen LogP contribution in [0, 0.1) is 0 Å². The zero-order valence-electron chi connectivity index (χ0n) is 15.6. The first-order chi connectivity index (χ1) is 13.5. The summed E-state index contributed by atoms with van der Waals surface area (Å²) in [6.45, 7) is 0.882. The van der Waals surface area contributed by atoms with Gasteiger partial charge in [-0.1, -0.05) is 18.2 Å². The number of ether oxygens (including phenoxy) is 2. The number of hydrogen-bond donors (Lipinski definition) is 1. The molecule has 2 aromatic carbocycles. The molecule has 0 fully saturated rings. The highest BCUT2D eigenvalue weighted by Crippen LogP contribution is 2.22. The Labute approximate surface area is 170 Å². The third-order valence-corrected chi connectivity index (χ3v) is 4.98. The van der Waals surface area contributed by atoms with Crippen LogP contribution in [0.5, 0.6) is 5.75 Å². The van der Waals surface area contributed by atoms with Crippen LogP contribution in [-0.4, -0.2) is 36.5 Å². The van der Waals surface area contributed by atoms with Crippen LogP contribution in [0.25, 0.3) is 10.8 Å². The van der Waals surface area contributed by atoms with Crippen molar-refractivity contribution in [1.29, 1.82) is 0 Å². The number of rotatable bonds is 7. The molecule has 1 amide bonds. The molecule has 0 saturated carbocycles. The molecule has 8 heteroatoms. The largest absolute Gasteiger partial charge is 0.497 e. The Balaban J connectivity index is 1.91. The maximum atomic E-state index is 12.7. The SMILES string of the molecule is COCCn1nc(CNC(=O)c2cc(OC)ccc2Br)c2ccccc2c1=O. The zero-order chi connectivity index (χ0) is 20.1. The number of carbonyl (C=O) groups is 1. The van der Waals surface area contributed by atoms with Crippen LogP contribution in [-0.2, 0) is 17.8 Å². The summed E-state index contributed by atoms with van der Waals surface area (Å²) in [5.41, 5.74) is 0.883. The van der Waals surface area contributed by atoms with E-state index in [1.165, 1.54) is 4.68 Å². The van der Waals surface area contributed by atoms with Gasteiger partial charge in [0, 0.05) is 17.0 Å². The van der Waals surface area contributed by atoms with Gasteiger partial charge in [-0.05, 0) is 40.2 Å². The number of methoxy groups -OCH3 is 2. The molecule has 28 heavy (non-hydrogen) atoms. The molecule has 0 unspecified atom stereocenters. The van der Waals surface area contributed by atoms with Crippen LogP contribution in [0.4, 0.5) is 0 Å². The smallest absolute Gasteiger partial charge is 0.274 e. The van der Waals surface area contributed by atoms with Gasteiger partial charge in [0.2, 0.25) is 0 Å². The molecule has 1 N–H and O–H groups in total. The highest BCUT2D eigenvalue weighted by atomic mass is 79.9. The molecule has 1 heterocycles. The average Bonchev–Trinajstić information content (AvgIpc) is 2.72. The summed E-state index contributed by atoms with van der Waals surface area (Å²) in [7, 11) is 3.11. The van der Waals surface area contributed by atoms with Crippen molar-refractivity contribution in [1.82, 2.24) is 15.1 Å². The van der Waals surface area contributed by atoms with Gasteiger partial charge in [0.25, 0.3) is 11.5 Å². The molecule has 7 nitrogen and oxygen atoms in total. The second-order valence-electron chi connectivity index (χ2n) is 6.04. The van der Waals surface area contributed by atoms with Gasteiger partial charge in [-0.2, -0.15) is 5.10 Å². The standard InChI is InChI=1S/C20H20BrN3O4/c1-27-10-9-24-20(26)15-6-4-3-5-14(15)18(23-24)12-22-19(25)16-11-13(28-2)7-8-17(16)21/h3-8,11H,9-10,12H2,1-2H3,(H,22,25). The minimum absolute atomic E-state index is 0.177. The average molecular weight is 446 g/mol. The number of amides is 1. The van der Waals surface area contributed by atoms with E-state index in [9.17, 15) is 9.59 Å². The van der Waals surface area contributed by atoms with Gasteiger partial charge in [0.1, 0.15) is 5.75 Å². The molecule has 3 rings (SSSR count). The van der Waals surface area contributed by atoms with E-state index in [-0.39, 0.29) is 18.0 Å². The number of fused-ring (bicyclic) bond motifs is 1. The molecule has 0 atom stereocenters. The van der Waals surface area contributed by atoms with E-state index in [0.29, 0.717) is 45.4 Å². The topological polar surface area (TPSA) is 82.4 Å². The maximum absolute atomic E-state index is 12.7. The molecule has 0 aliphatic heterocycles. The van der Waals surface area contributed by atoms with Gasteiger partial charge in [0.05, 0.1) is 43.4 Å². The monoisotopic (exact) mass is 445 g/mol. The minimum Gasteiger partial charge on any atom is -0.497 e. The normalized spacial score (nSPS) is 10.8. The van der Waals surface area contributed by atoms with Crippen molar-refractivity contribution in [2.24, 2.45) is 0 Å². The summed E-state index contributed by atoms with van der Waals surface area (Å²) in [5.74, 6) is 0.316. The van der Waals surface area contributed by atoms with E-state index in [1.807, 2.05) is 12.1 Å². The van der Waals surface area contributed by atoms with Gasteiger partial charge < -0.3 is 14.8 Å². The van der Waals surface area contributed by atoms with Crippen molar-refractivity contribution in [3.05, 3.63) is 68.5 Å². The Morgan fingerprint density at radius 2 is 1.93 bits per heavy atom. The zero-order valence-corrected chi connectivity index (χ0v) is 17.2. The predicted molar refractivity (Wildman–Crippen MR) is 110 cm³/mol. The van der Waals surface area contributed by atoms with E-state index >= 15 is 0 Å². The Kier molecular flexibility index (Phi) is 6.43. The van der Waals surface area contributed by atoms with Gasteiger partial charge >= 0.3 is 0 Å². The van der Waals surface area contributed by atoms with Crippen molar-refractivity contribution in [3.63, 3.8) is 0 Å². The summed E-state index contributed by atoms with van der Waals surface area (Å²) < 4.78 is 12.3. The predicted octanol–water partition coefficient (Wildman–Crippen LogP) is 2.74. The Hall–Kier alpha value is -2.71. The quantitative estimate of drug-likeness (QED) is 0.604. The minimum atomic E-state index is -0.272. The number of hydrogen-bond acceptors (Lipinski definition) is 5. The third-order valence-electron chi connectivity index (χ3n) is 4.29. The lowest BCUT2D eigenvalue weighted by Gasteiger charge is -2.12. The molecule has 0 bridgehead atoms. The van der Waals surface area contributed by atoms with Crippen molar-refractivity contribution >= 4 is 32.6 Å². The van der Waals surface area contributed by atoms with Crippen molar-refractivity contribution in [2.45, 2.75) is 13.1 Å². The fraction of sp³-hybridized carbons (Fsp3) is 0.250. The number of carbonyl (C=O) groups excluding carboxylic acids is 1. The Morgan fingerprint density at radius 3 is 2.64 bits per heavy atom. The lowest BCUT2D eigenvalue weighted by molar-refractivity contribution is 0.0949. The van der Waals surface area contributed by atoms with Crippen LogP contribution >= 0.6 is 15.9 Å². The molecule has 146 valence electrons. The molecular formula is C20H20BrN3O4. The summed E-state index contributed by atoms with van der Waals surface area (Å²) in [4.78, 5) is 25.3. The number of nitrogens with zero attached hydrogens (tertiary/aromatic N) is 2. The van der Waals surface area contributed by atoms with Crippen molar-refractivity contribution in [3.8, 4) is 5.75 Å². The van der Waals surface area contributed by atoms with E-state index in [4.69, 9.17) is 9.47 Å². The van der Waals surface area contributed by atoms with Crippen molar-refractivity contribution < 1.29 is 14.3 Å². The third kappa shape index (κ3) is 4.23. The van der Waals surface area contributed by atoms with Gasteiger partial charge in [-0.25, -0.2) is 4.68 Å². The lowest BCUT2D eigenvalue weighted by Crippen LogP contribution is -2.29. The van der Waals surface area contributed by atoms with Crippen LogP contribution in [0.15, 0.2) is 51.7 Å². The lowest BCUT2D eigenvalue weighted by atomic mass is 10.1. The van der Waals surface area contributed by atoms with E-state index in [1.54, 1.807) is 44.6 Å². The fourth-order valence-corrected chi connectivity index (χ4v) is 3.26. The Morgan fingerprint density at radius 1 is 1.18 bits per heavy atom. The summed E-state index contributed by atoms with van der Waals surface area (Å²) in [6.07, 6.45) is 0. The Bertz CT molecular complexity index is 1060. The second kappa shape index (κ2) is 8.99. The highest BCUT2D eigenvalue weighted by Gasteiger charge is 2.14. The molecule has 0 saturated heterocycles. The molecule has 0 spiro atoms. The van der Waals surface area contributed by atoms with Crippen LogP contribution < -0.4 is 15.6 Å². The molecular weight excluding hydrogens is 426 g/mol. The second-order valence-corrected chi connectivity index (χ2v) is 6.90. The number of nitrogens with one attached hydrogen (secondary N) is 1. The van der Waals surface area contributed by atoms with Crippen LogP contribution in [0.2, 0.25) is 0 Å². The molecule has 0 radical (unpaired) electrons. The first-order valence-corrected chi connectivity index (χ1v) is 9.44. The molecule has 0 aliphatic rings. The van der Waals surface area contributed by atoms with Gasteiger partial charge in [0.15, 0.2) is 0 Å². The number of aromatic nitrogens is 2. The summed E-state index contributed by atoms with van der Waals surface area (Å²) >= 11 is 3.38.